The summed E-state index contributed by atoms with van der Waals surface area (Å²) in [4.78, 5) is 12.0. The summed E-state index contributed by atoms with van der Waals surface area (Å²) in [6, 6.07) is 12.7. The van der Waals surface area contributed by atoms with E-state index in [4.69, 9.17) is 11.6 Å². The van der Waals surface area contributed by atoms with E-state index in [0.717, 1.165) is 13.7 Å². The number of anilines is 1. The maximum atomic E-state index is 12.0. The highest BCUT2D eigenvalue weighted by molar-refractivity contribution is 14.1. The number of hydrogen-bond acceptors (Lipinski definition) is 1. The molecule has 5 heteroatoms. The van der Waals surface area contributed by atoms with E-state index in [9.17, 15) is 4.79 Å². The van der Waals surface area contributed by atoms with E-state index in [-0.39, 0.29) is 5.91 Å². The molecule has 0 atom stereocenters. The van der Waals surface area contributed by atoms with Gasteiger partial charge in [-0.1, -0.05) is 27.5 Å². The van der Waals surface area contributed by atoms with Gasteiger partial charge < -0.3 is 5.32 Å². The van der Waals surface area contributed by atoms with Crippen LogP contribution in [-0.4, -0.2) is 5.91 Å². The van der Waals surface area contributed by atoms with Crippen molar-refractivity contribution in [2.24, 2.45) is 0 Å². The molecule has 0 aliphatic rings. The molecule has 0 aromatic heterocycles. The van der Waals surface area contributed by atoms with Crippen LogP contribution in [0.2, 0.25) is 5.02 Å². The molecule has 2 aromatic rings. The molecular formula is C13H8BrClINO. The lowest BCUT2D eigenvalue weighted by Gasteiger charge is -2.07. The van der Waals surface area contributed by atoms with Gasteiger partial charge >= 0.3 is 0 Å². The number of hydrogen-bond donors (Lipinski definition) is 1. The van der Waals surface area contributed by atoms with Crippen LogP contribution in [0.25, 0.3) is 0 Å². The molecule has 0 radical (unpaired) electrons. The molecule has 0 aliphatic carbocycles. The summed E-state index contributed by atoms with van der Waals surface area (Å²) in [6.45, 7) is 0. The largest absolute Gasteiger partial charge is 0.322 e. The summed E-state index contributed by atoms with van der Waals surface area (Å²) in [6.07, 6.45) is 0. The molecule has 92 valence electrons. The zero-order valence-corrected chi connectivity index (χ0v) is 13.6. The quantitative estimate of drug-likeness (QED) is 0.663. The van der Waals surface area contributed by atoms with E-state index in [2.05, 4.69) is 43.8 Å². The molecule has 0 saturated carbocycles. The van der Waals surface area contributed by atoms with Crippen LogP contribution in [-0.2, 0) is 0 Å². The average molecular weight is 436 g/mol. The first-order valence-electron chi connectivity index (χ1n) is 5.08. The second-order valence-corrected chi connectivity index (χ2v) is 6.15. The Bertz CT molecular complexity index is 586. The fraction of sp³-hybridized carbons (Fsp3) is 0. The van der Waals surface area contributed by atoms with Crippen molar-refractivity contribution in [2.75, 3.05) is 5.32 Å². The number of nitrogens with one attached hydrogen (secondary N) is 1. The van der Waals surface area contributed by atoms with E-state index in [1.807, 2.05) is 24.3 Å². The number of benzene rings is 2. The second-order valence-electron chi connectivity index (χ2n) is 3.59. The molecule has 0 aliphatic heterocycles. The fourth-order valence-corrected chi connectivity index (χ4v) is 2.52. The van der Waals surface area contributed by atoms with Crippen LogP contribution in [0.4, 0.5) is 5.69 Å². The highest BCUT2D eigenvalue weighted by Crippen LogP contribution is 2.22. The smallest absolute Gasteiger partial charge is 0.257 e. The molecule has 0 bridgehead atoms. The third-order valence-electron chi connectivity index (χ3n) is 2.28. The summed E-state index contributed by atoms with van der Waals surface area (Å²) < 4.78 is 1.96. The van der Waals surface area contributed by atoms with Crippen molar-refractivity contribution in [3.63, 3.8) is 0 Å². The maximum absolute atomic E-state index is 12.0. The monoisotopic (exact) mass is 435 g/mol. The average Bonchev–Trinajstić information content (AvgIpc) is 2.32. The summed E-state index contributed by atoms with van der Waals surface area (Å²) >= 11 is 11.5. The van der Waals surface area contributed by atoms with Gasteiger partial charge in [0.1, 0.15) is 0 Å². The van der Waals surface area contributed by atoms with Crippen LogP contribution in [0, 0.1) is 3.57 Å². The first-order chi connectivity index (χ1) is 8.56. The Morgan fingerprint density at radius 3 is 2.44 bits per heavy atom. The molecule has 1 N–H and O–H groups in total. The number of halogens is 3. The lowest BCUT2D eigenvalue weighted by Crippen LogP contribution is -2.12. The van der Waals surface area contributed by atoms with E-state index in [1.165, 1.54) is 0 Å². The summed E-state index contributed by atoms with van der Waals surface area (Å²) in [5.74, 6) is -0.214. The Morgan fingerprint density at radius 1 is 1.17 bits per heavy atom. The van der Waals surface area contributed by atoms with Crippen LogP contribution in [0.5, 0.6) is 0 Å². The normalized spacial score (nSPS) is 10.2. The van der Waals surface area contributed by atoms with Crippen molar-refractivity contribution in [3.8, 4) is 0 Å². The maximum Gasteiger partial charge on any atom is 0.257 e. The lowest BCUT2D eigenvalue weighted by molar-refractivity contribution is 0.102. The molecule has 2 nitrogen and oxygen atoms in total. The van der Waals surface area contributed by atoms with Crippen molar-refractivity contribution < 1.29 is 4.79 Å². The third-order valence-corrected chi connectivity index (χ3v) is 3.80. The predicted octanol–water partition coefficient (Wildman–Crippen LogP) is 4.96. The summed E-state index contributed by atoms with van der Waals surface area (Å²) in [7, 11) is 0. The first-order valence-corrected chi connectivity index (χ1v) is 7.33. The van der Waals surface area contributed by atoms with E-state index in [1.54, 1.807) is 18.2 Å². The lowest BCUT2D eigenvalue weighted by atomic mass is 10.2. The highest BCUT2D eigenvalue weighted by Gasteiger charge is 2.10. The molecule has 1 amide bonds. The van der Waals surface area contributed by atoms with Gasteiger partial charge in [0.15, 0.2) is 0 Å². The number of carbonyl (C=O) groups is 1. The Hall–Kier alpha value is -0.590. The topological polar surface area (TPSA) is 29.1 Å². The van der Waals surface area contributed by atoms with E-state index < -0.39 is 0 Å². The first kappa shape index (κ1) is 13.8. The van der Waals surface area contributed by atoms with Gasteiger partial charge in [0.25, 0.3) is 5.91 Å². The van der Waals surface area contributed by atoms with E-state index >= 15 is 0 Å². The Balaban J connectivity index is 2.19. The molecule has 18 heavy (non-hydrogen) atoms. The van der Waals surface area contributed by atoms with Crippen LogP contribution >= 0.6 is 50.1 Å². The molecule has 0 spiro atoms. The Labute approximate surface area is 132 Å². The number of rotatable bonds is 2. The fourth-order valence-electron chi connectivity index (χ4n) is 1.41. The zero-order valence-electron chi connectivity index (χ0n) is 9.08. The predicted molar refractivity (Wildman–Crippen MR) is 86.3 cm³/mol. The highest BCUT2D eigenvalue weighted by atomic mass is 127. The van der Waals surface area contributed by atoms with Crippen LogP contribution in [0.1, 0.15) is 10.4 Å². The molecule has 0 unspecified atom stereocenters. The molecule has 0 heterocycles. The van der Waals surface area contributed by atoms with Crippen molar-refractivity contribution in [1.82, 2.24) is 0 Å². The third kappa shape index (κ3) is 3.46. The van der Waals surface area contributed by atoms with Crippen molar-refractivity contribution in [3.05, 3.63) is 61.1 Å². The Morgan fingerprint density at radius 2 is 1.83 bits per heavy atom. The van der Waals surface area contributed by atoms with Gasteiger partial charge in [0, 0.05) is 13.7 Å². The van der Waals surface area contributed by atoms with Crippen molar-refractivity contribution in [2.45, 2.75) is 0 Å². The second kappa shape index (κ2) is 6.04. The molecule has 0 saturated heterocycles. The van der Waals surface area contributed by atoms with Crippen molar-refractivity contribution >= 4 is 61.7 Å². The minimum Gasteiger partial charge on any atom is -0.322 e. The minimum atomic E-state index is -0.214. The van der Waals surface area contributed by atoms with E-state index in [0.29, 0.717) is 10.6 Å². The molecule has 0 fully saturated rings. The Kier molecular flexibility index (Phi) is 4.64. The van der Waals surface area contributed by atoms with Gasteiger partial charge in [-0.2, -0.15) is 0 Å². The SMILES string of the molecule is O=C(Nc1ccc(I)cc1)c1ccc(Br)cc1Cl. The number of amides is 1. The van der Waals surface area contributed by atoms with Crippen LogP contribution in [0.15, 0.2) is 46.9 Å². The summed E-state index contributed by atoms with van der Waals surface area (Å²) in [5, 5.41) is 3.23. The van der Waals surface area contributed by atoms with Gasteiger partial charge in [-0.05, 0) is 65.1 Å². The van der Waals surface area contributed by atoms with Gasteiger partial charge in [-0.25, -0.2) is 0 Å². The van der Waals surface area contributed by atoms with Crippen LogP contribution in [0.3, 0.4) is 0 Å². The zero-order chi connectivity index (χ0) is 13.1. The van der Waals surface area contributed by atoms with Gasteiger partial charge in [0.05, 0.1) is 10.6 Å². The van der Waals surface area contributed by atoms with Crippen LogP contribution < -0.4 is 5.32 Å². The molecule has 2 rings (SSSR count). The van der Waals surface area contributed by atoms with Gasteiger partial charge in [-0.15, -0.1) is 0 Å². The van der Waals surface area contributed by atoms with Crippen molar-refractivity contribution in [1.29, 1.82) is 0 Å². The number of carbonyl (C=O) groups excluding carboxylic acids is 1. The summed E-state index contributed by atoms with van der Waals surface area (Å²) in [5.41, 5.74) is 1.21. The standard InChI is InChI=1S/C13H8BrClINO/c14-8-1-6-11(12(15)7-8)13(18)17-10-4-2-9(16)3-5-10/h1-7H,(H,17,18). The molecule has 2 aromatic carbocycles. The molecular weight excluding hydrogens is 428 g/mol. The minimum absolute atomic E-state index is 0.214. The van der Waals surface area contributed by atoms with Gasteiger partial charge in [-0.3, -0.25) is 4.79 Å². The van der Waals surface area contributed by atoms with Gasteiger partial charge in [0.2, 0.25) is 0 Å².